The van der Waals surface area contributed by atoms with Crippen LogP contribution < -0.4 is 5.32 Å². The molecule has 2 amide bonds. The molecule has 0 radical (unpaired) electrons. The minimum absolute atomic E-state index is 0.178. The van der Waals surface area contributed by atoms with Crippen molar-refractivity contribution in [3.05, 3.63) is 56.4 Å². The van der Waals surface area contributed by atoms with Crippen LogP contribution in [-0.2, 0) is 9.59 Å². The number of halogens is 2. The summed E-state index contributed by atoms with van der Waals surface area (Å²) < 4.78 is 15.0. The fraction of sp³-hybridized carbons (Fsp3) is 0.200. The Kier molecular flexibility index (Phi) is 3.91. The molecule has 1 fully saturated rings. The van der Waals surface area contributed by atoms with E-state index < -0.39 is 17.6 Å². The highest BCUT2D eigenvalue weighted by atomic mass is 79.9. The molecule has 21 heavy (non-hydrogen) atoms. The summed E-state index contributed by atoms with van der Waals surface area (Å²) in [6, 6.07) is 9.96. The van der Waals surface area contributed by atoms with Gasteiger partial charge in [-0.05, 0) is 34.1 Å². The van der Waals surface area contributed by atoms with E-state index in [1.165, 1.54) is 17.4 Å². The van der Waals surface area contributed by atoms with Crippen LogP contribution in [0.3, 0.4) is 0 Å². The van der Waals surface area contributed by atoms with Crippen molar-refractivity contribution in [2.45, 2.75) is 18.3 Å². The van der Waals surface area contributed by atoms with Gasteiger partial charge in [0.05, 0.1) is 9.70 Å². The lowest BCUT2D eigenvalue weighted by molar-refractivity contribution is -0.135. The van der Waals surface area contributed by atoms with Gasteiger partial charge in [0.15, 0.2) is 0 Å². The van der Waals surface area contributed by atoms with Crippen LogP contribution in [0.5, 0.6) is 0 Å². The normalized spacial score (nSPS) is 22.2. The molecule has 3 nitrogen and oxygen atoms in total. The molecule has 1 saturated heterocycles. The number of thiophene rings is 1. The van der Waals surface area contributed by atoms with E-state index in [0.29, 0.717) is 5.56 Å². The summed E-state index contributed by atoms with van der Waals surface area (Å²) in [7, 11) is 0. The second kappa shape index (κ2) is 5.69. The van der Waals surface area contributed by atoms with Gasteiger partial charge in [-0.3, -0.25) is 14.9 Å². The minimum atomic E-state index is -0.686. The standard InChI is InChI=1S/C15H11BrFNO2S/c16-12-6-5-11(21-12)9-7-13(19)18-15(20)14(9)8-3-1-2-4-10(8)17/h1-6,9,14H,7H2,(H,18,19,20). The Morgan fingerprint density at radius 3 is 2.62 bits per heavy atom. The fourth-order valence-electron chi connectivity index (χ4n) is 2.64. The third-order valence-corrected chi connectivity index (χ3v) is 5.31. The summed E-state index contributed by atoms with van der Waals surface area (Å²) in [5.74, 6) is -2.20. The lowest BCUT2D eigenvalue weighted by Crippen LogP contribution is -2.43. The zero-order valence-corrected chi connectivity index (χ0v) is 13.2. The first kappa shape index (κ1) is 14.4. The Morgan fingerprint density at radius 2 is 1.95 bits per heavy atom. The van der Waals surface area contributed by atoms with Crippen LogP contribution >= 0.6 is 27.3 Å². The van der Waals surface area contributed by atoms with Gasteiger partial charge in [-0.2, -0.15) is 0 Å². The predicted molar refractivity (Wildman–Crippen MR) is 81.7 cm³/mol. The van der Waals surface area contributed by atoms with Crippen molar-refractivity contribution in [1.29, 1.82) is 0 Å². The average Bonchev–Trinajstić information content (AvgIpc) is 2.86. The van der Waals surface area contributed by atoms with Crippen LogP contribution in [0.1, 0.15) is 28.7 Å². The number of hydrogen-bond acceptors (Lipinski definition) is 3. The van der Waals surface area contributed by atoms with Gasteiger partial charge >= 0.3 is 0 Å². The molecule has 1 aliphatic rings. The predicted octanol–water partition coefficient (Wildman–Crippen LogP) is 3.56. The number of nitrogens with one attached hydrogen (secondary N) is 1. The van der Waals surface area contributed by atoms with Gasteiger partial charge in [-0.1, -0.05) is 18.2 Å². The Bertz CT molecular complexity index is 715. The summed E-state index contributed by atoms with van der Waals surface area (Å²) in [5.41, 5.74) is 0.331. The Balaban J connectivity index is 2.07. The number of hydrogen-bond donors (Lipinski definition) is 1. The number of rotatable bonds is 2. The van der Waals surface area contributed by atoms with Gasteiger partial charge in [-0.25, -0.2) is 4.39 Å². The lowest BCUT2D eigenvalue weighted by Gasteiger charge is -2.29. The number of carbonyl (C=O) groups excluding carboxylic acids is 2. The second-order valence-corrected chi connectivity index (χ2v) is 7.36. The van der Waals surface area contributed by atoms with Crippen LogP contribution in [-0.4, -0.2) is 11.8 Å². The molecule has 0 aliphatic carbocycles. The van der Waals surface area contributed by atoms with Crippen LogP contribution in [0, 0.1) is 5.82 Å². The second-order valence-electron chi connectivity index (χ2n) is 4.86. The zero-order chi connectivity index (χ0) is 15.0. The minimum Gasteiger partial charge on any atom is -0.296 e. The first-order chi connectivity index (χ1) is 10.1. The molecule has 2 aromatic rings. The molecular formula is C15H11BrFNO2S. The van der Waals surface area contributed by atoms with Crippen molar-refractivity contribution in [2.24, 2.45) is 0 Å². The Morgan fingerprint density at radius 1 is 1.19 bits per heavy atom. The van der Waals surface area contributed by atoms with Crippen molar-refractivity contribution in [3.63, 3.8) is 0 Å². The first-order valence-electron chi connectivity index (χ1n) is 6.39. The molecule has 0 saturated carbocycles. The number of imide groups is 1. The zero-order valence-electron chi connectivity index (χ0n) is 10.8. The molecule has 0 spiro atoms. The van der Waals surface area contributed by atoms with E-state index in [9.17, 15) is 14.0 Å². The molecule has 1 N–H and O–H groups in total. The van der Waals surface area contributed by atoms with Gasteiger partial charge in [0.25, 0.3) is 0 Å². The molecule has 3 rings (SSSR count). The molecule has 1 aromatic heterocycles. The molecule has 108 valence electrons. The molecule has 6 heteroatoms. The summed E-state index contributed by atoms with van der Waals surface area (Å²) in [6.07, 6.45) is 0.178. The maximum absolute atomic E-state index is 14.1. The molecule has 1 aliphatic heterocycles. The van der Waals surface area contributed by atoms with Gasteiger partial charge in [0, 0.05) is 22.8 Å². The van der Waals surface area contributed by atoms with Crippen LogP contribution in [0.4, 0.5) is 4.39 Å². The lowest BCUT2D eigenvalue weighted by atomic mass is 9.79. The van der Waals surface area contributed by atoms with Crippen molar-refractivity contribution in [3.8, 4) is 0 Å². The van der Waals surface area contributed by atoms with E-state index in [-0.39, 0.29) is 18.2 Å². The summed E-state index contributed by atoms with van der Waals surface area (Å²) in [4.78, 5) is 24.8. The number of carbonyl (C=O) groups is 2. The van der Waals surface area contributed by atoms with E-state index >= 15 is 0 Å². The summed E-state index contributed by atoms with van der Waals surface area (Å²) in [6.45, 7) is 0. The van der Waals surface area contributed by atoms with E-state index in [4.69, 9.17) is 0 Å². The van der Waals surface area contributed by atoms with Crippen molar-refractivity contribution >= 4 is 39.1 Å². The van der Waals surface area contributed by atoms with Gasteiger partial charge in [0.2, 0.25) is 11.8 Å². The third kappa shape index (κ3) is 2.78. The van der Waals surface area contributed by atoms with Crippen molar-refractivity contribution in [1.82, 2.24) is 5.32 Å². The van der Waals surface area contributed by atoms with Crippen LogP contribution in [0.15, 0.2) is 40.2 Å². The van der Waals surface area contributed by atoms with E-state index in [1.807, 2.05) is 12.1 Å². The Labute approximate surface area is 133 Å². The van der Waals surface area contributed by atoms with Crippen LogP contribution in [0.25, 0.3) is 0 Å². The number of amides is 2. The monoisotopic (exact) mass is 367 g/mol. The van der Waals surface area contributed by atoms with E-state index in [2.05, 4.69) is 21.2 Å². The van der Waals surface area contributed by atoms with Crippen molar-refractivity contribution in [2.75, 3.05) is 0 Å². The van der Waals surface area contributed by atoms with E-state index in [1.54, 1.807) is 18.2 Å². The average molecular weight is 368 g/mol. The largest absolute Gasteiger partial charge is 0.296 e. The number of benzene rings is 1. The third-order valence-electron chi connectivity index (χ3n) is 3.55. The van der Waals surface area contributed by atoms with Gasteiger partial charge < -0.3 is 0 Å². The van der Waals surface area contributed by atoms with Crippen molar-refractivity contribution < 1.29 is 14.0 Å². The molecular weight excluding hydrogens is 357 g/mol. The summed E-state index contributed by atoms with van der Waals surface area (Å²) >= 11 is 4.84. The molecule has 0 bridgehead atoms. The maximum atomic E-state index is 14.1. The maximum Gasteiger partial charge on any atom is 0.234 e. The molecule has 2 heterocycles. The van der Waals surface area contributed by atoms with Gasteiger partial charge in [-0.15, -0.1) is 11.3 Å². The van der Waals surface area contributed by atoms with E-state index in [0.717, 1.165) is 8.66 Å². The molecule has 1 aromatic carbocycles. The first-order valence-corrected chi connectivity index (χ1v) is 8.00. The summed E-state index contributed by atoms with van der Waals surface area (Å²) in [5, 5.41) is 2.31. The molecule has 2 unspecified atom stereocenters. The molecule has 2 atom stereocenters. The van der Waals surface area contributed by atoms with Crippen LogP contribution in [0.2, 0.25) is 0 Å². The Hall–Kier alpha value is -1.53. The van der Waals surface area contributed by atoms with Gasteiger partial charge in [0.1, 0.15) is 5.82 Å². The quantitative estimate of drug-likeness (QED) is 0.824. The topological polar surface area (TPSA) is 46.2 Å². The fourth-order valence-corrected chi connectivity index (χ4v) is 4.21. The smallest absolute Gasteiger partial charge is 0.234 e. The highest BCUT2D eigenvalue weighted by Crippen LogP contribution is 2.42. The highest BCUT2D eigenvalue weighted by molar-refractivity contribution is 9.11. The SMILES string of the molecule is O=C1CC(c2ccc(Br)s2)C(c2ccccc2F)C(=O)N1. The number of piperidine rings is 1. The highest BCUT2D eigenvalue weighted by Gasteiger charge is 2.39.